The molecule has 2 heterocycles. The molecule has 0 radical (unpaired) electrons. The Morgan fingerprint density at radius 3 is 2.90 bits per heavy atom. The number of benzene rings is 1. The van der Waals surface area contributed by atoms with Crippen molar-refractivity contribution in [3.63, 3.8) is 0 Å². The van der Waals surface area contributed by atoms with Crippen LogP contribution in [0.3, 0.4) is 0 Å². The molecule has 1 aliphatic carbocycles. The van der Waals surface area contributed by atoms with Crippen LogP contribution in [-0.2, 0) is 20.9 Å². The van der Waals surface area contributed by atoms with Crippen LogP contribution in [0, 0.1) is 0 Å². The topological polar surface area (TPSA) is 89.4 Å². The number of ether oxygens (including phenoxy) is 1. The molecule has 152 valence electrons. The second kappa shape index (κ2) is 9.00. The summed E-state index contributed by atoms with van der Waals surface area (Å²) in [4.78, 5) is 28.6. The van der Waals surface area contributed by atoms with E-state index in [0.717, 1.165) is 11.1 Å². The molecule has 8 heteroatoms. The van der Waals surface area contributed by atoms with Gasteiger partial charge in [0.25, 0.3) is 0 Å². The number of nitrogens with zero attached hydrogens (tertiary/aromatic N) is 4. The first kappa shape index (κ1) is 19.3. The van der Waals surface area contributed by atoms with Crippen LogP contribution in [0.4, 0.5) is 0 Å². The number of hydrogen-bond acceptors (Lipinski definition) is 5. The number of morpholine rings is 1. The molecule has 0 bridgehead atoms. The standard InChI is InChI=1S/C21H25N5O3/c27-20(14-26-23-10-11-24-26)25-12-13-29-15-17(25)8-9-22-21(28)19-7-3-5-16-4-1-2-6-18(16)19/h1-6,10-11,17,19H,7-9,12-15H2,(H,22,28). The van der Waals surface area contributed by atoms with Crippen molar-refractivity contribution < 1.29 is 14.3 Å². The van der Waals surface area contributed by atoms with Crippen molar-refractivity contribution in [2.45, 2.75) is 31.3 Å². The third-order valence-corrected chi connectivity index (χ3v) is 5.43. The second-order valence-electron chi connectivity index (χ2n) is 7.27. The van der Waals surface area contributed by atoms with E-state index >= 15 is 0 Å². The first-order valence-electron chi connectivity index (χ1n) is 9.97. The summed E-state index contributed by atoms with van der Waals surface area (Å²) in [6, 6.07) is 7.93. The SMILES string of the molecule is O=C(NCCC1COCCN1C(=O)Cn1nccn1)C1CC=Cc2ccccc21. The summed E-state index contributed by atoms with van der Waals surface area (Å²) in [5, 5.41) is 11.0. The predicted molar refractivity (Wildman–Crippen MR) is 107 cm³/mol. The van der Waals surface area contributed by atoms with E-state index in [1.807, 2.05) is 35.2 Å². The molecule has 29 heavy (non-hydrogen) atoms. The number of rotatable bonds is 6. The summed E-state index contributed by atoms with van der Waals surface area (Å²) >= 11 is 0. The highest BCUT2D eigenvalue weighted by Gasteiger charge is 2.28. The molecule has 8 nitrogen and oxygen atoms in total. The molecular weight excluding hydrogens is 370 g/mol. The maximum Gasteiger partial charge on any atom is 0.246 e. The Hall–Kier alpha value is -3.00. The van der Waals surface area contributed by atoms with Crippen LogP contribution in [0.2, 0.25) is 0 Å². The number of carbonyl (C=O) groups is 2. The monoisotopic (exact) mass is 395 g/mol. The van der Waals surface area contributed by atoms with Gasteiger partial charge in [0.2, 0.25) is 11.8 Å². The lowest BCUT2D eigenvalue weighted by molar-refractivity contribution is -0.141. The zero-order chi connectivity index (χ0) is 20.1. The highest BCUT2D eigenvalue weighted by molar-refractivity contribution is 5.86. The highest BCUT2D eigenvalue weighted by atomic mass is 16.5. The number of hydrogen-bond donors (Lipinski definition) is 1. The molecule has 2 amide bonds. The Bertz CT molecular complexity index is 880. The van der Waals surface area contributed by atoms with Gasteiger partial charge in [0.05, 0.1) is 37.6 Å². The summed E-state index contributed by atoms with van der Waals surface area (Å²) in [6.45, 7) is 2.15. The van der Waals surface area contributed by atoms with Gasteiger partial charge in [-0.25, -0.2) is 0 Å². The van der Waals surface area contributed by atoms with Gasteiger partial charge in [-0.05, 0) is 24.0 Å². The molecular formula is C21H25N5O3. The Labute approximate surface area is 169 Å². The smallest absolute Gasteiger partial charge is 0.246 e. The van der Waals surface area contributed by atoms with Gasteiger partial charge < -0.3 is 15.0 Å². The van der Waals surface area contributed by atoms with Gasteiger partial charge in [0.15, 0.2) is 0 Å². The van der Waals surface area contributed by atoms with Crippen LogP contribution in [0.5, 0.6) is 0 Å². The van der Waals surface area contributed by atoms with Crippen molar-refractivity contribution in [2.75, 3.05) is 26.3 Å². The highest BCUT2D eigenvalue weighted by Crippen LogP contribution is 2.29. The van der Waals surface area contributed by atoms with E-state index < -0.39 is 0 Å². The molecule has 1 aliphatic heterocycles. The molecule has 1 fully saturated rings. The number of fused-ring (bicyclic) bond motifs is 1. The third kappa shape index (κ3) is 4.54. The number of aromatic nitrogens is 3. The van der Waals surface area contributed by atoms with Crippen LogP contribution >= 0.6 is 0 Å². The fraction of sp³-hybridized carbons (Fsp3) is 0.429. The lowest BCUT2D eigenvalue weighted by Gasteiger charge is -2.35. The zero-order valence-electron chi connectivity index (χ0n) is 16.2. The molecule has 4 rings (SSSR count). The maximum absolute atomic E-state index is 12.8. The number of nitrogens with one attached hydrogen (secondary N) is 1. The summed E-state index contributed by atoms with van der Waals surface area (Å²) < 4.78 is 5.56. The minimum Gasteiger partial charge on any atom is -0.377 e. The van der Waals surface area contributed by atoms with Gasteiger partial charge in [-0.15, -0.1) is 0 Å². The summed E-state index contributed by atoms with van der Waals surface area (Å²) in [6.07, 6.45) is 8.57. The molecule has 0 saturated carbocycles. The van der Waals surface area contributed by atoms with Gasteiger partial charge in [-0.1, -0.05) is 36.4 Å². The fourth-order valence-electron chi connectivity index (χ4n) is 3.93. The molecule has 0 spiro atoms. The molecule has 2 unspecified atom stereocenters. The third-order valence-electron chi connectivity index (χ3n) is 5.43. The average molecular weight is 395 g/mol. The van der Waals surface area contributed by atoms with Gasteiger partial charge in [0, 0.05) is 13.1 Å². The Morgan fingerprint density at radius 1 is 1.21 bits per heavy atom. The summed E-state index contributed by atoms with van der Waals surface area (Å²) in [5.74, 6) is -0.174. The van der Waals surface area contributed by atoms with E-state index in [2.05, 4.69) is 21.6 Å². The zero-order valence-corrected chi connectivity index (χ0v) is 16.2. The van der Waals surface area contributed by atoms with E-state index in [1.165, 1.54) is 4.80 Å². The Balaban J connectivity index is 1.31. The number of amides is 2. The summed E-state index contributed by atoms with van der Waals surface area (Å²) in [5.41, 5.74) is 2.17. The fourth-order valence-corrected chi connectivity index (χ4v) is 3.93. The molecule has 2 aromatic rings. The molecule has 1 aromatic carbocycles. The molecule has 2 aliphatic rings. The van der Waals surface area contributed by atoms with E-state index in [9.17, 15) is 9.59 Å². The minimum atomic E-state index is -0.164. The molecule has 2 atom stereocenters. The van der Waals surface area contributed by atoms with E-state index in [1.54, 1.807) is 12.4 Å². The average Bonchev–Trinajstić information content (AvgIpc) is 3.26. The van der Waals surface area contributed by atoms with Gasteiger partial charge in [-0.2, -0.15) is 15.0 Å². The van der Waals surface area contributed by atoms with Crippen LogP contribution in [0.25, 0.3) is 6.08 Å². The molecule has 1 N–H and O–H groups in total. The number of carbonyl (C=O) groups excluding carboxylic acids is 2. The van der Waals surface area contributed by atoms with E-state index in [4.69, 9.17) is 4.74 Å². The molecule has 1 saturated heterocycles. The van der Waals surface area contributed by atoms with E-state index in [0.29, 0.717) is 39.1 Å². The van der Waals surface area contributed by atoms with Crippen molar-refractivity contribution in [1.82, 2.24) is 25.2 Å². The van der Waals surface area contributed by atoms with Crippen molar-refractivity contribution in [3.8, 4) is 0 Å². The summed E-state index contributed by atoms with van der Waals surface area (Å²) in [7, 11) is 0. The van der Waals surface area contributed by atoms with Crippen molar-refractivity contribution in [1.29, 1.82) is 0 Å². The van der Waals surface area contributed by atoms with Gasteiger partial charge in [0.1, 0.15) is 6.54 Å². The van der Waals surface area contributed by atoms with Gasteiger partial charge in [-0.3, -0.25) is 9.59 Å². The molecule has 1 aromatic heterocycles. The lowest BCUT2D eigenvalue weighted by atomic mass is 9.86. The van der Waals surface area contributed by atoms with Crippen LogP contribution < -0.4 is 5.32 Å². The minimum absolute atomic E-state index is 0.0251. The Morgan fingerprint density at radius 2 is 2.03 bits per heavy atom. The van der Waals surface area contributed by atoms with Crippen molar-refractivity contribution in [2.24, 2.45) is 0 Å². The van der Waals surface area contributed by atoms with Crippen LogP contribution in [0.15, 0.2) is 42.7 Å². The van der Waals surface area contributed by atoms with Crippen molar-refractivity contribution in [3.05, 3.63) is 53.9 Å². The quantitative estimate of drug-likeness (QED) is 0.794. The van der Waals surface area contributed by atoms with Crippen LogP contribution in [0.1, 0.15) is 29.9 Å². The maximum atomic E-state index is 12.8. The lowest BCUT2D eigenvalue weighted by Crippen LogP contribution is -2.51. The number of allylic oxidation sites excluding steroid dienone is 1. The van der Waals surface area contributed by atoms with Gasteiger partial charge >= 0.3 is 0 Å². The van der Waals surface area contributed by atoms with Crippen LogP contribution in [-0.4, -0.2) is 64.1 Å². The Kier molecular flexibility index (Phi) is 6.00. The van der Waals surface area contributed by atoms with E-state index in [-0.39, 0.29) is 30.3 Å². The second-order valence-corrected chi connectivity index (χ2v) is 7.27. The first-order chi connectivity index (χ1) is 14.2. The first-order valence-corrected chi connectivity index (χ1v) is 9.97. The largest absolute Gasteiger partial charge is 0.377 e. The van der Waals surface area contributed by atoms with Crippen molar-refractivity contribution >= 4 is 17.9 Å². The normalized spacial score (nSPS) is 20.9. The predicted octanol–water partition coefficient (Wildman–Crippen LogP) is 1.21.